The minimum Gasteiger partial charge on any atom is -0.379 e. The van der Waals surface area contributed by atoms with E-state index in [0.717, 1.165) is 28.9 Å². The van der Waals surface area contributed by atoms with Crippen LogP contribution in [0, 0.1) is 19.7 Å². The van der Waals surface area contributed by atoms with Crippen molar-refractivity contribution in [3.63, 3.8) is 0 Å². The summed E-state index contributed by atoms with van der Waals surface area (Å²) in [5.74, 6) is 0.0523. The average molecular weight is 371 g/mol. The van der Waals surface area contributed by atoms with Gasteiger partial charge in [0.2, 0.25) is 0 Å². The van der Waals surface area contributed by atoms with Crippen LogP contribution in [0.3, 0.4) is 0 Å². The second kappa shape index (κ2) is 7.11. The molecule has 0 radical (unpaired) electrons. The Balaban J connectivity index is 1.91. The Morgan fingerprint density at radius 3 is 2.73 bits per heavy atom. The molecule has 1 unspecified atom stereocenters. The first-order chi connectivity index (χ1) is 12.3. The van der Waals surface area contributed by atoms with Crippen LogP contribution in [0.2, 0.25) is 0 Å². The predicted octanol–water partition coefficient (Wildman–Crippen LogP) is 4.36. The molecule has 2 aromatic rings. The molecular weight excluding hydrogens is 349 g/mol. The highest BCUT2D eigenvalue weighted by atomic mass is 32.2. The van der Waals surface area contributed by atoms with Gasteiger partial charge in [-0.15, -0.1) is 0 Å². The van der Waals surface area contributed by atoms with Gasteiger partial charge in [-0.2, -0.15) is 0 Å². The molecule has 136 valence electrons. The molecule has 0 saturated heterocycles. The number of nitrogens with two attached hydrogens (primary N) is 1. The van der Waals surface area contributed by atoms with Crippen LogP contribution in [0.15, 0.2) is 41.4 Å². The third-order valence-electron chi connectivity index (χ3n) is 4.66. The summed E-state index contributed by atoms with van der Waals surface area (Å²) in [4.78, 5) is 17.1. The van der Waals surface area contributed by atoms with Crippen molar-refractivity contribution in [3.05, 3.63) is 64.5 Å². The highest BCUT2D eigenvalue weighted by Gasteiger charge is 2.30. The molecule has 1 amide bonds. The first-order valence-corrected chi connectivity index (χ1v) is 9.44. The number of amidine groups is 1. The van der Waals surface area contributed by atoms with Crippen LogP contribution in [0.1, 0.15) is 40.4 Å². The second-order valence-electron chi connectivity index (χ2n) is 6.79. The van der Waals surface area contributed by atoms with E-state index < -0.39 is 11.4 Å². The van der Waals surface area contributed by atoms with E-state index in [1.807, 2.05) is 32.9 Å². The van der Waals surface area contributed by atoms with Crippen LogP contribution in [-0.2, 0) is 5.54 Å². The van der Waals surface area contributed by atoms with E-state index in [-0.39, 0.29) is 11.6 Å². The Hall–Kier alpha value is -2.34. The van der Waals surface area contributed by atoms with Crippen molar-refractivity contribution in [1.29, 1.82) is 0 Å². The van der Waals surface area contributed by atoms with Crippen molar-refractivity contribution < 1.29 is 9.18 Å². The van der Waals surface area contributed by atoms with E-state index in [4.69, 9.17) is 5.73 Å². The molecule has 0 saturated carbocycles. The Bertz CT molecular complexity index is 897. The smallest absolute Gasteiger partial charge is 0.256 e. The highest BCUT2D eigenvalue weighted by Crippen LogP contribution is 2.36. The molecule has 0 fully saturated rings. The largest absolute Gasteiger partial charge is 0.379 e. The monoisotopic (exact) mass is 371 g/mol. The van der Waals surface area contributed by atoms with Gasteiger partial charge in [0.25, 0.3) is 5.91 Å². The number of hydrogen-bond donors (Lipinski definition) is 2. The summed E-state index contributed by atoms with van der Waals surface area (Å²) in [5.41, 5.74) is 8.80. The summed E-state index contributed by atoms with van der Waals surface area (Å²) in [7, 11) is 0. The first-order valence-electron chi connectivity index (χ1n) is 8.45. The number of nitrogens with zero attached hydrogens (tertiary/aromatic N) is 1. The Morgan fingerprint density at radius 2 is 2.04 bits per heavy atom. The van der Waals surface area contributed by atoms with Crippen LogP contribution >= 0.6 is 11.8 Å². The molecule has 6 heteroatoms. The number of amides is 1. The van der Waals surface area contributed by atoms with Gasteiger partial charge in [0.15, 0.2) is 5.17 Å². The maximum atomic E-state index is 14.3. The Morgan fingerprint density at radius 1 is 1.27 bits per heavy atom. The number of benzene rings is 2. The summed E-state index contributed by atoms with van der Waals surface area (Å²) in [5, 5.41) is 3.23. The molecule has 0 aliphatic carbocycles. The number of aliphatic imine (C=N–C) groups is 1. The third-order valence-corrected chi connectivity index (χ3v) is 5.45. The van der Waals surface area contributed by atoms with Crippen molar-refractivity contribution in [2.45, 2.75) is 32.7 Å². The number of nitrogens with one attached hydrogen (secondary N) is 1. The summed E-state index contributed by atoms with van der Waals surface area (Å²) in [6.45, 7) is 5.81. The van der Waals surface area contributed by atoms with Gasteiger partial charge in [-0.05, 0) is 56.5 Å². The topological polar surface area (TPSA) is 67.5 Å². The van der Waals surface area contributed by atoms with Crippen molar-refractivity contribution in [2.24, 2.45) is 10.7 Å². The van der Waals surface area contributed by atoms with Crippen LogP contribution in [0.5, 0.6) is 0 Å². The fourth-order valence-electron chi connectivity index (χ4n) is 3.11. The quantitative estimate of drug-likeness (QED) is 0.842. The zero-order valence-corrected chi connectivity index (χ0v) is 15.9. The summed E-state index contributed by atoms with van der Waals surface area (Å²) in [6.07, 6.45) is 0.800. The lowest BCUT2D eigenvalue weighted by molar-refractivity contribution is 0.102. The van der Waals surface area contributed by atoms with Gasteiger partial charge in [-0.3, -0.25) is 9.79 Å². The van der Waals surface area contributed by atoms with Gasteiger partial charge >= 0.3 is 0 Å². The van der Waals surface area contributed by atoms with Gasteiger partial charge in [0.05, 0.1) is 11.2 Å². The molecule has 0 bridgehead atoms. The SMILES string of the molecule is Cc1ccc(C(=O)Nc2cc(C3(C)CCSC(N)=N3)ccc2F)c(C)c1. The number of aryl methyl sites for hydroxylation is 2. The van der Waals surface area contributed by atoms with Gasteiger partial charge in [0.1, 0.15) is 5.82 Å². The number of rotatable bonds is 3. The average Bonchev–Trinajstić information content (AvgIpc) is 2.56. The number of hydrogen-bond acceptors (Lipinski definition) is 4. The zero-order chi connectivity index (χ0) is 18.9. The number of halogens is 1. The van der Waals surface area contributed by atoms with Crippen LogP contribution in [-0.4, -0.2) is 16.8 Å². The summed E-state index contributed by atoms with van der Waals surface area (Å²) < 4.78 is 14.3. The van der Waals surface area contributed by atoms with E-state index >= 15 is 0 Å². The fraction of sp³-hybridized carbons (Fsp3) is 0.300. The lowest BCUT2D eigenvalue weighted by Crippen LogP contribution is -2.29. The molecule has 0 aromatic heterocycles. The van der Waals surface area contributed by atoms with Crippen LogP contribution in [0.25, 0.3) is 0 Å². The molecule has 3 N–H and O–H groups in total. The minimum atomic E-state index is -0.512. The summed E-state index contributed by atoms with van der Waals surface area (Å²) >= 11 is 1.52. The molecule has 1 heterocycles. The normalized spacial score (nSPS) is 19.8. The van der Waals surface area contributed by atoms with Crippen molar-refractivity contribution in [1.82, 2.24) is 0 Å². The van der Waals surface area contributed by atoms with Crippen molar-refractivity contribution in [2.75, 3.05) is 11.1 Å². The number of carbonyl (C=O) groups excluding carboxylic acids is 1. The minimum absolute atomic E-state index is 0.153. The number of carbonyl (C=O) groups is 1. The summed E-state index contributed by atoms with van der Waals surface area (Å²) in [6, 6.07) is 10.3. The van der Waals surface area contributed by atoms with E-state index in [1.165, 1.54) is 17.8 Å². The number of anilines is 1. The first kappa shape index (κ1) is 18.5. The maximum Gasteiger partial charge on any atom is 0.256 e. The molecule has 1 aliphatic heterocycles. The van der Waals surface area contributed by atoms with Crippen LogP contribution in [0.4, 0.5) is 10.1 Å². The Labute approximate surface area is 157 Å². The molecule has 4 nitrogen and oxygen atoms in total. The zero-order valence-electron chi connectivity index (χ0n) is 15.1. The molecule has 2 aromatic carbocycles. The predicted molar refractivity (Wildman–Crippen MR) is 106 cm³/mol. The van der Waals surface area contributed by atoms with Crippen molar-refractivity contribution in [3.8, 4) is 0 Å². The van der Waals surface area contributed by atoms with E-state index in [0.29, 0.717) is 10.7 Å². The maximum absolute atomic E-state index is 14.3. The van der Waals surface area contributed by atoms with Crippen molar-refractivity contribution >= 4 is 28.5 Å². The lowest BCUT2D eigenvalue weighted by atomic mass is 9.89. The molecular formula is C20H22FN3OS. The highest BCUT2D eigenvalue weighted by molar-refractivity contribution is 8.13. The van der Waals surface area contributed by atoms with Gasteiger partial charge < -0.3 is 11.1 Å². The number of thioether (sulfide) groups is 1. The molecule has 1 atom stereocenters. The standard InChI is InChI=1S/C20H22FN3OS/c1-12-4-6-15(13(2)10-12)18(25)23-17-11-14(5-7-16(17)21)20(3)8-9-26-19(22)24-20/h4-7,10-11H,8-9H2,1-3H3,(H2,22,24)(H,23,25). The molecule has 3 rings (SSSR count). The lowest BCUT2D eigenvalue weighted by Gasteiger charge is -2.30. The fourth-order valence-corrected chi connectivity index (χ4v) is 4.08. The van der Waals surface area contributed by atoms with E-state index in [9.17, 15) is 9.18 Å². The second-order valence-corrected chi connectivity index (χ2v) is 7.90. The molecule has 1 aliphatic rings. The van der Waals surface area contributed by atoms with E-state index in [2.05, 4.69) is 10.3 Å². The molecule has 0 spiro atoms. The van der Waals surface area contributed by atoms with Gasteiger partial charge in [-0.1, -0.05) is 35.5 Å². The van der Waals surface area contributed by atoms with E-state index in [1.54, 1.807) is 18.2 Å². The molecule has 26 heavy (non-hydrogen) atoms. The van der Waals surface area contributed by atoms with Crippen LogP contribution < -0.4 is 11.1 Å². The van der Waals surface area contributed by atoms with Gasteiger partial charge in [-0.25, -0.2) is 4.39 Å². The Kier molecular flexibility index (Phi) is 5.05. The third kappa shape index (κ3) is 3.75. The van der Waals surface area contributed by atoms with Gasteiger partial charge in [0, 0.05) is 11.3 Å².